The second-order valence-electron chi connectivity index (χ2n) is 8.77. The molecule has 1 amide bonds. The highest BCUT2D eigenvalue weighted by molar-refractivity contribution is 6.31. The smallest absolute Gasteiger partial charge is 0.268 e. The lowest BCUT2D eigenvalue weighted by Crippen LogP contribution is -2.24. The maximum atomic E-state index is 12.7. The van der Waals surface area contributed by atoms with Gasteiger partial charge in [-0.05, 0) is 49.7 Å². The highest BCUT2D eigenvalue weighted by Crippen LogP contribution is 2.65. The van der Waals surface area contributed by atoms with Crippen molar-refractivity contribution in [2.75, 3.05) is 0 Å². The number of hydrogen-bond donors (Lipinski definition) is 2. The number of rotatable bonds is 3. The van der Waals surface area contributed by atoms with E-state index >= 15 is 0 Å². The number of nitrogens with zero attached hydrogens (tertiary/aromatic N) is 2. The van der Waals surface area contributed by atoms with Crippen LogP contribution in [0.3, 0.4) is 0 Å². The second kappa shape index (κ2) is 6.13. The molecule has 6 rings (SSSR count). The van der Waals surface area contributed by atoms with E-state index in [1.807, 2.05) is 13.0 Å². The SMILES string of the molecule is Cc1nc([C@H]2CC3(C)CC2C3)c(Cl)cc1-c1cc(=O)c2c(C(N)=O)nccc2[nH]1. The summed E-state index contributed by atoms with van der Waals surface area (Å²) >= 11 is 6.66. The van der Waals surface area contributed by atoms with Gasteiger partial charge in [0.05, 0.1) is 27.3 Å². The van der Waals surface area contributed by atoms with Gasteiger partial charge in [-0.15, -0.1) is 0 Å². The van der Waals surface area contributed by atoms with Crippen LogP contribution in [-0.4, -0.2) is 20.9 Å². The Morgan fingerprint density at radius 3 is 2.72 bits per heavy atom. The first kappa shape index (κ1) is 18.3. The zero-order chi connectivity index (χ0) is 20.5. The Hall–Kier alpha value is -2.73. The van der Waals surface area contributed by atoms with E-state index in [1.165, 1.54) is 25.1 Å². The van der Waals surface area contributed by atoms with Gasteiger partial charge in [-0.1, -0.05) is 18.5 Å². The number of hydrogen-bond acceptors (Lipinski definition) is 4. The first-order chi connectivity index (χ1) is 13.8. The van der Waals surface area contributed by atoms with Gasteiger partial charge < -0.3 is 10.7 Å². The Labute approximate surface area is 172 Å². The second-order valence-corrected chi connectivity index (χ2v) is 9.18. The van der Waals surface area contributed by atoms with E-state index in [0.717, 1.165) is 23.4 Å². The minimum atomic E-state index is -0.734. The number of nitrogens with two attached hydrogens (primary N) is 1. The average molecular weight is 409 g/mol. The maximum absolute atomic E-state index is 12.7. The fraction of sp³-hybridized carbons (Fsp3) is 0.364. The Bertz CT molecular complexity index is 1240. The number of nitrogens with one attached hydrogen (secondary N) is 1. The molecule has 0 spiro atoms. The van der Waals surface area contributed by atoms with Crippen LogP contribution in [0.25, 0.3) is 22.2 Å². The van der Waals surface area contributed by atoms with Gasteiger partial charge in [0.1, 0.15) is 5.69 Å². The van der Waals surface area contributed by atoms with Gasteiger partial charge in [-0.3, -0.25) is 19.6 Å². The van der Waals surface area contributed by atoms with E-state index in [4.69, 9.17) is 22.3 Å². The Morgan fingerprint density at radius 2 is 2.07 bits per heavy atom. The molecule has 1 atom stereocenters. The quantitative estimate of drug-likeness (QED) is 0.684. The highest BCUT2D eigenvalue weighted by Gasteiger charge is 2.54. The molecule has 3 aliphatic rings. The number of pyridine rings is 3. The largest absolute Gasteiger partial charge is 0.364 e. The molecule has 3 saturated carbocycles. The molecule has 3 N–H and O–H groups in total. The van der Waals surface area contributed by atoms with Gasteiger partial charge >= 0.3 is 0 Å². The van der Waals surface area contributed by atoms with Crippen molar-refractivity contribution in [2.24, 2.45) is 17.1 Å². The van der Waals surface area contributed by atoms with E-state index in [0.29, 0.717) is 33.5 Å². The van der Waals surface area contributed by atoms with Crippen LogP contribution in [-0.2, 0) is 0 Å². The van der Waals surface area contributed by atoms with Crippen LogP contribution in [0, 0.1) is 18.3 Å². The minimum Gasteiger partial charge on any atom is -0.364 e. The van der Waals surface area contributed by atoms with E-state index in [-0.39, 0.29) is 16.5 Å². The third-order valence-electron chi connectivity index (χ3n) is 6.60. The molecule has 148 valence electrons. The summed E-state index contributed by atoms with van der Waals surface area (Å²) in [5.41, 5.74) is 9.12. The monoisotopic (exact) mass is 408 g/mol. The molecule has 6 nitrogen and oxygen atoms in total. The van der Waals surface area contributed by atoms with E-state index < -0.39 is 5.91 Å². The van der Waals surface area contributed by atoms with Gasteiger partial charge in [-0.25, -0.2) is 0 Å². The van der Waals surface area contributed by atoms with Crippen LogP contribution in [0.1, 0.15) is 54.0 Å². The third kappa shape index (κ3) is 2.77. The van der Waals surface area contributed by atoms with Crippen molar-refractivity contribution in [1.82, 2.24) is 15.0 Å². The molecular formula is C22H21ClN4O2. The summed E-state index contributed by atoms with van der Waals surface area (Å²) in [5.74, 6) is 0.360. The molecule has 3 aromatic rings. The van der Waals surface area contributed by atoms with Crippen molar-refractivity contribution in [1.29, 1.82) is 0 Å². The molecule has 0 saturated heterocycles. The van der Waals surface area contributed by atoms with Crippen molar-refractivity contribution >= 4 is 28.4 Å². The van der Waals surface area contributed by atoms with Gasteiger partial charge in [0.25, 0.3) is 5.91 Å². The average Bonchev–Trinajstić information content (AvgIpc) is 3.15. The number of halogens is 1. The van der Waals surface area contributed by atoms with Gasteiger partial charge in [-0.2, -0.15) is 0 Å². The van der Waals surface area contributed by atoms with Crippen LogP contribution >= 0.6 is 11.6 Å². The molecule has 3 aromatic heterocycles. The first-order valence-corrected chi connectivity index (χ1v) is 10.1. The fourth-order valence-corrected chi connectivity index (χ4v) is 5.63. The normalized spacial score (nSPS) is 25.2. The molecular weight excluding hydrogens is 388 g/mol. The molecule has 3 fully saturated rings. The summed E-state index contributed by atoms with van der Waals surface area (Å²) in [6.45, 7) is 4.27. The molecule has 29 heavy (non-hydrogen) atoms. The lowest BCUT2D eigenvalue weighted by Gasteiger charge is -2.34. The number of carbonyl (C=O) groups is 1. The standard InChI is InChI=1S/C22H21ClN4O2/c1-10-12(5-14(23)19(26-10)13-9-22(2)7-11(13)8-22)16-6-17(28)18-15(27-16)3-4-25-20(18)21(24)29/h3-6,11,13H,7-9H2,1-2H3,(H2,24,29)(H,27,28)/t11?,13-,22?/m0/s1. The van der Waals surface area contributed by atoms with Crippen molar-refractivity contribution < 1.29 is 4.79 Å². The van der Waals surface area contributed by atoms with Crippen molar-refractivity contribution in [3.63, 3.8) is 0 Å². The molecule has 7 heteroatoms. The topological polar surface area (TPSA) is 102 Å². The fourth-order valence-electron chi connectivity index (χ4n) is 5.34. The predicted molar refractivity (Wildman–Crippen MR) is 112 cm³/mol. The summed E-state index contributed by atoms with van der Waals surface area (Å²) in [6, 6.07) is 4.99. The Balaban J connectivity index is 1.61. The number of amides is 1. The van der Waals surface area contributed by atoms with Gasteiger partial charge in [0, 0.05) is 29.4 Å². The molecule has 0 unspecified atom stereocenters. The number of aryl methyl sites for hydroxylation is 1. The molecule has 3 aliphatic carbocycles. The Morgan fingerprint density at radius 1 is 1.31 bits per heavy atom. The summed E-state index contributed by atoms with van der Waals surface area (Å²) in [7, 11) is 0. The lowest BCUT2D eigenvalue weighted by molar-refractivity contribution is 0.0997. The first-order valence-electron chi connectivity index (χ1n) is 9.75. The summed E-state index contributed by atoms with van der Waals surface area (Å²) in [5, 5.41) is 0.830. The van der Waals surface area contributed by atoms with Crippen LogP contribution in [0.4, 0.5) is 0 Å². The third-order valence-corrected chi connectivity index (χ3v) is 6.91. The molecule has 0 aliphatic heterocycles. The zero-order valence-electron chi connectivity index (χ0n) is 16.3. The minimum absolute atomic E-state index is 0.0350. The van der Waals surface area contributed by atoms with Crippen molar-refractivity contribution in [2.45, 2.75) is 39.0 Å². The van der Waals surface area contributed by atoms with E-state index in [2.05, 4.69) is 16.9 Å². The molecule has 3 heterocycles. The van der Waals surface area contributed by atoms with Crippen LogP contribution in [0.5, 0.6) is 0 Å². The van der Waals surface area contributed by atoms with Gasteiger partial charge in [0.15, 0.2) is 5.43 Å². The summed E-state index contributed by atoms with van der Waals surface area (Å²) in [6.07, 6.45) is 5.10. The van der Waals surface area contributed by atoms with Crippen molar-refractivity contribution in [3.05, 3.63) is 56.7 Å². The van der Waals surface area contributed by atoms with Crippen molar-refractivity contribution in [3.8, 4) is 11.3 Å². The summed E-state index contributed by atoms with van der Waals surface area (Å²) < 4.78 is 0. The Kier molecular flexibility index (Phi) is 3.87. The number of fused-ring (bicyclic) bond motifs is 2. The van der Waals surface area contributed by atoms with Crippen LogP contribution in [0.2, 0.25) is 5.02 Å². The van der Waals surface area contributed by atoms with E-state index in [9.17, 15) is 9.59 Å². The lowest BCUT2D eigenvalue weighted by atomic mass is 9.71. The predicted octanol–water partition coefficient (Wildman–Crippen LogP) is 3.95. The van der Waals surface area contributed by atoms with E-state index in [1.54, 1.807) is 6.07 Å². The number of H-pyrrole nitrogens is 1. The van der Waals surface area contributed by atoms with Crippen LogP contribution < -0.4 is 11.2 Å². The summed E-state index contributed by atoms with van der Waals surface area (Å²) in [4.78, 5) is 36.4. The van der Waals surface area contributed by atoms with Crippen LogP contribution in [0.15, 0.2) is 29.2 Å². The number of carbonyl (C=O) groups excluding carboxylic acids is 1. The zero-order valence-corrected chi connectivity index (χ0v) is 17.0. The maximum Gasteiger partial charge on any atom is 0.268 e. The highest BCUT2D eigenvalue weighted by atomic mass is 35.5. The molecule has 2 bridgehead atoms. The van der Waals surface area contributed by atoms with Gasteiger partial charge in [0.2, 0.25) is 0 Å². The molecule has 0 aromatic carbocycles. The number of aromatic amines is 1. The number of primary amides is 1. The number of aromatic nitrogens is 3. The molecule has 0 radical (unpaired) electrons.